The summed E-state index contributed by atoms with van der Waals surface area (Å²) in [5, 5.41) is 11.0. The summed E-state index contributed by atoms with van der Waals surface area (Å²) in [6.45, 7) is 3.23. The molecule has 2 aromatic carbocycles. The van der Waals surface area contributed by atoms with Crippen molar-refractivity contribution in [1.82, 2.24) is 5.32 Å². The largest absolute Gasteiger partial charge is 0.479 e. The molecule has 0 spiro atoms. The van der Waals surface area contributed by atoms with Crippen molar-refractivity contribution in [2.75, 3.05) is 4.90 Å². The van der Waals surface area contributed by atoms with Gasteiger partial charge in [-0.15, -0.1) is 0 Å². The van der Waals surface area contributed by atoms with E-state index in [1.807, 2.05) is 13.0 Å². The summed E-state index contributed by atoms with van der Waals surface area (Å²) in [5.41, 5.74) is 1.53. The monoisotopic (exact) mass is 394 g/mol. The molecule has 2 N–H and O–H groups in total. The van der Waals surface area contributed by atoms with Gasteiger partial charge < -0.3 is 9.84 Å². The van der Waals surface area contributed by atoms with Crippen molar-refractivity contribution < 1.29 is 29.0 Å². The van der Waals surface area contributed by atoms with E-state index >= 15 is 0 Å². The van der Waals surface area contributed by atoms with Gasteiger partial charge in [0, 0.05) is 0 Å². The Morgan fingerprint density at radius 1 is 1.14 bits per heavy atom. The van der Waals surface area contributed by atoms with Crippen molar-refractivity contribution in [2.24, 2.45) is 0 Å². The van der Waals surface area contributed by atoms with Gasteiger partial charge in [-0.1, -0.05) is 24.3 Å². The fourth-order valence-electron chi connectivity index (χ4n) is 2.72. The van der Waals surface area contributed by atoms with E-state index in [1.165, 1.54) is 25.1 Å². The first-order valence-corrected chi connectivity index (χ1v) is 8.74. The number of carbonyl (C=O) groups excluding carboxylic acids is 3. The molecule has 1 aliphatic rings. The lowest BCUT2D eigenvalue weighted by Gasteiger charge is -2.26. The van der Waals surface area contributed by atoms with Crippen LogP contribution in [0.25, 0.3) is 6.08 Å². The fraction of sp³-hybridized carbons (Fsp3) is 0.143. The molecule has 8 nitrogen and oxygen atoms in total. The summed E-state index contributed by atoms with van der Waals surface area (Å²) in [7, 11) is 0. The molecule has 0 radical (unpaired) electrons. The Balaban J connectivity index is 1.87. The average molecular weight is 394 g/mol. The lowest BCUT2D eigenvalue weighted by Crippen LogP contribution is -2.54. The predicted octanol–water partition coefficient (Wildman–Crippen LogP) is 2.51. The third-order valence-corrected chi connectivity index (χ3v) is 4.21. The van der Waals surface area contributed by atoms with Crippen LogP contribution >= 0.6 is 0 Å². The molecule has 29 heavy (non-hydrogen) atoms. The predicted molar refractivity (Wildman–Crippen MR) is 104 cm³/mol. The van der Waals surface area contributed by atoms with Gasteiger partial charge in [-0.05, 0) is 55.3 Å². The topological polar surface area (TPSA) is 113 Å². The highest BCUT2D eigenvalue weighted by molar-refractivity contribution is 6.39. The molecule has 3 rings (SSSR count). The molecular formula is C21H18N2O6. The number of aryl methyl sites for hydroxylation is 1. The third kappa shape index (κ3) is 4.32. The number of aliphatic carboxylic acids is 1. The summed E-state index contributed by atoms with van der Waals surface area (Å²) >= 11 is 0. The Kier molecular flexibility index (Phi) is 5.45. The number of anilines is 1. The second kappa shape index (κ2) is 7.97. The summed E-state index contributed by atoms with van der Waals surface area (Å²) < 4.78 is 5.24. The summed E-state index contributed by atoms with van der Waals surface area (Å²) in [6, 6.07) is 12.2. The van der Waals surface area contributed by atoms with Gasteiger partial charge in [0.05, 0.1) is 5.69 Å². The molecular weight excluding hydrogens is 376 g/mol. The summed E-state index contributed by atoms with van der Waals surface area (Å²) in [6.07, 6.45) is 0.343. The van der Waals surface area contributed by atoms with Crippen LogP contribution in [0.4, 0.5) is 10.5 Å². The molecule has 1 heterocycles. The van der Waals surface area contributed by atoms with Crippen molar-refractivity contribution in [3.8, 4) is 5.75 Å². The molecule has 0 aromatic heterocycles. The van der Waals surface area contributed by atoms with E-state index in [-0.39, 0.29) is 5.57 Å². The van der Waals surface area contributed by atoms with Gasteiger partial charge >= 0.3 is 12.0 Å². The highest BCUT2D eigenvalue weighted by Crippen LogP contribution is 2.23. The van der Waals surface area contributed by atoms with E-state index in [1.54, 1.807) is 30.3 Å². The average Bonchev–Trinajstić information content (AvgIpc) is 2.66. The van der Waals surface area contributed by atoms with E-state index in [0.29, 0.717) is 17.0 Å². The standard InChI is InChI=1S/C21H18N2O6/c1-12-4-3-5-15(10-12)23-19(25)17(18(24)22-21(23)28)11-14-6-8-16(9-7-14)29-13(2)20(26)27/h3-11,13H,1-2H3,(H,26,27)(H,22,24,28)/b17-11-/t13-/m1/s1. The van der Waals surface area contributed by atoms with Crippen molar-refractivity contribution >= 4 is 35.6 Å². The first kappa shape index (κ1) is 19.8. The lowest BCUT2D eigenvalue weighted by atomic mass is 10.1. The van der Waals surface area contributed by atoms with E-state index in [0.717, 1.165) is 10.5 Å². The first-order valence-electron chi connectivity index (χ1n) is 8.74. The zero-order chi connectivity index (χ0) is 21.1. The minimum absolute atomic E-state index is 0.196. The molecule has 1 fully saturated rings. The molecule has 1 saturated heterocycles. The number of nitrogens with one attached hydrogen (secondary N) is 1. The van der Waals surface area contributed by atoms with E-state index in [2.05, 4.69) is 5.32 Å². The van der Waals surface area contributed by atoms with Crippen molar-refractivity contribution in [1.29, 1.82) is 0 Å². The summed E-state index contributed by atoms with van der Waals surface area (Å²) in [5.74, 6) is -2.28. The maximum atomic E-state index is 12.8. The number of hydrogen-bond acceptors (Lipinski definition) is 5. The molecule has 2 aromatic rings. The Morgan fingerprint density at radius 2 is 1.83 bits per heavy atom. The Hall–Kier alpha value is -3.94. The minimum atomic E-state index is -1.10. The minimum Gasteiger partial charge on any atom is -0.479 e. The molecule has 8 heteroatoms. The maximum Gasteiger partial charge on any atom is 0.344 e. The van der Waals surface area contributed by atoms with Crippen LogP contribution in [0, 0.1) is 6.92 Å². The zero-order valence-corrected chi connectivity index (χ0v) is 15.7. The molecule has 0 unspecified atom stereocenters. The summed E-state index contributed by atoms with van der Waals surface area (Å²) in [4.78, 5) is 49.0. The van der Waals surface area contributed by atoms with Crippen LogP contribution in [0.2, 0.25) is 0 Å². The van der Waals surface area contributed by atoms with E-state index in [4.69, 9.17) is 9.84 Å². The van der Waals surface area contributed by atoms with Gasteiger partial charge in [0.25, 0.3) is 11.8 Å². The second-order valence-electron chi connectivity index (χ2n) is 6.46. The number of ether oxygens (including phenoxy) is 1. The lowest BCUT2D eigenvalue weighted by molar-refractivity contribution is -0.144. The van der Waals surface area contributed by atoms with Crippen molar-refractivity contribution in [3.63, 3.8) is 0 Å². The van der Waals surface area contributed by atoms with Crippen LogP contribution in [-0.4, -0.2) is 35.0 Å². The van der Waals surface area contributed by atoms with Crippen molar-refractivity contribution in [3.05, 3.63) is 65.2 Å². The molecule has 4 amide bonds. The van der Waals surface area contributed by atoms with Crippen LogP contribution in [0.1, 0.15) is 18.1 Å². The smallest absolute Gasteiger partial charge is 0.344 e. The second-order valence-corrected chi connectivity index (χ2v) is 6.46. The number of benzene rings is 2. The highest BCUT2D eigenvalue weighted by atomic mass is 16.5. The molecule has 1 atom stereocenters. The van der Waals surface area contributed by atoms with E-state index < -0.39 is 29.9 Å². The van der Waals surface area contributed by atoms with Crippen LogP contribution in [0.3, 0.4) is 0 Å². The number of amides is 4. The molecule has 0 bridgehead atoms. The van der Waals surface area contributed by atoms with E-state index in [9.17, 15) is 19.2 Å². The number of carboxylic acids is 1. The van der Waals surface area contributed by atoms with Gasteiger partial charge in [0.15, 0.2) is 6.10 Å². The number of nitrogens with zero attached hydrogens (tertiary/aromatic N) is 1. The van der Waals surface area contributed by atoms with Gasteiger partial charge in [0.1, 0.15) is 11.3 Å². The first-order chi connectivity index (χ1) is 13.8. The van der Waals surface area contributed by atoms with Gasteiger partial charge in [-0.3, -0.25) is 14.9 Å². The van der Waals surface area contributed by atoms with Gasteiger partial charge in [-0.2, -0.15) is 0 Å². The maximum absolute atomic E-state index is 12.8. The number of carboxylic acid groups (broad SMARTS) is 1. The van der Waals surface area contributed by atoms with Crippen LogP contribution < -0.4 is 15.0 Å². The highest BCUT2D eigenvalue weighted by Gasteiger charge is 2.36. The normalized spacial score (nSPS) is 16.6. The number of hydrogen-bond donors (Lipinski definition) is 2. The Bertz CT molecular complexity index is 1030. The number of imide groups is 2. The SMILES string of the molecule is Cc1cccc(N2C(=O)NC(=O)/C(=C/c3ccc(O[C@H](C)C(=O)O)cc3)C2=O)c1. The quantitative estimate of drug-likeness (QED) is 0.595. The fourth-order valence-corrected chi connectivity index (χ4v) is 2.72. The van der Waals surface area contributed by atoms with Crippen LogP contribution in [0.5, 0.6) is 5.75 Å². The Morgan fingerprint density at radius 3 is 2.45 bits per heavy atom. The number of urea groups is 1. The van der Waals surface area contributed by atoms with Crippen LogP contribution in [-0.2, 0) is 14.4 Å². The third-order valence-electron chi connectivity index (χ3n) is 4.21. The number of rotatable bonds is 5. The molecule has 1 aliphatic heterocycles. The molecule has 0 saturated carbocycles. The number of carbonyl (C=O) groups is 4. The molecule has 148 valence electrons. The zero-order valence-electron chi connectivity index (χ0n) is 15.7. The molecule has 0 aliphatic carbocycles. The van der Waals surface area contributed by atoms with Crippen LogP contribution in [0.15, 0.2) is 54.1 Å². The number of barbiturate groups is 1. The Labute approximate surface area is 166 Å². The van der Waals surface area contributed by atoms with Gasteiger partial charge in [-0.25, -0.2) is 14.5 Å². The van der Waals surface area contributed by atoms with Crippen molar-refractivity contribution in [2.45, 2.75) is 20.0 Å². The van der Waals surface area contributed by atoms with Gasteiger partial charge in [0.2, 0.25) is 0 Å².